The first-order chi connectivity index (χ1) is 20.6. The molecule has 3 fully saturated rings. The molecule has 3 aromatic heterocycles. The summed E-state index contributed by atoms with van der Waals surface area (Å²) in [7, 11) is 1.96. The van der Waals surface area contributed by atoms with Gasteiger partial charge in [-0.1, -0.05) is 11.6 Å². The molecule has 3 aliphatic rings. The zero-order chi connectivity index (χ0) is 28.5. The van der Waals surface area contributed by atoms with E-state index in [2.05, 4.69) is 64.7 Å². The van der Waals surface area contributed by atoms with E-state index in [1.807, 2.05) is 24.0 Å². The average molecular weight is 589 g/mol. The second-order valence-electron chi connectivity index (χ2n) is 12.1. The number of nitrogens with one attached hydrogen (secondary N) is 3. The molecule has 0 bridgehead atoms. The molecule has 7 rings (SSSR count). The van der Waals surface area contributed by atoms with Crippen LogP contribution in [0, 0.1) is 5.92 Å². The lowest BCUT2D eigenvalue weighted by Crippen LogP contribution is -2.47. The average Bonchev–Trinajstić information content (AvgIpc) is 3.57. The Labute approximate surface area is 252 Å². The number of aromatic nitrogens is 5. The summed E-state index contributed by atoms with van der Waals surface area (Å²) in [6, 6.07) is 11.1. The van der Waals surface area contributed by atoms with E-state index >= 15 is 0 Å². The van der Waals surface area contributed by atoms with Crippen LogP contribution in [0.15, 0.2) is 42.7 Å². The van der Waals surface area contributed by atoms with Crippen LogP contribution in [0.3, 0.4) is 0 Å². The van der Waals surface area contributed by atoms with Crippen molar-refractivity contribution < 1.29 is 0 Å². The van der Waals surface area contributed by atoms with Gasteiger partial charge in [-0.2, -0.15) is 5.10 Å². The minimum absolute atomic E-state index is 0.403. The molecule has 5 heterocycles. The number of rotatable bonds is 10. The van der Waals surface area contributed by atoms with Crippen LogP contribution in [-0.2, 0) is 7.05 Å². The summed E-state index contributed by atoms with van der Waals surface area (Å²) in [5, 5.41) is 12.0. The van der Waals surface area contributed by atoms with Gasteiger partial charge in [0, 0.05) is 89.3 Å². The molecule has 11 heteroatoms. The lowest BCUT2D eigenvalue weighted by atomic mass is 10.0. The van der Waals surface area contributed by atoms with Gasteiger partial charge in [0.05, 0.1) is 23.1 Å². The van der Waals surface area contributed by atoms with Crippen LogP contribution in [0.2, 0.25) is 5.02 Å². The number of anilines is 3. The van der Waals surface area contributed by atoms with Gasteiger partial charge >= 0.3 is 0 Å². The highest BCUT2D eigenvalue weighted by molar-refractivity contribution is 6.34. The van der Waals surface area contributed by atoms with Crippen molar-refractivity contribution in [3.63, 3.8) is 0 Å². The fourth-order valence-corrected chi connectivity index (χ4v) is 6.48. The molecule has 1 saturated carbocycles. The first-order valence-corrected chi connectivity index (χ1v) is 15.8. The molecule has 222 valence electrons. The van der Waals surface area contributed by atoms with Crippen molar-refractivity contribution in [2.45, 2.75) is 31.7 Å². The second-order valence-corrected chi connectivity index (χ2v) is 12.5. The van der Waals surface area contributed by atoms with Gasteiger partial charge in [0.25, 0.3) is 0 Å². The van der Waals surface area contributed by atoms with Crippen LogP contribution >= 0.6 is 11.6 Å². The summed E-state index contributed by atoms with van der Waals surface area (Å²) >= 11 is 6.65. The molecule has 0 amide bonds. The van der Waals surface area contributed by atoms with Crippen molar-refractivity contribution in [3.05, 3.63) is 47.7 Å². The summed E-state index contributed by atoms with van der Waals surface area (Å²) in [6.45, 7) is 9.67. The molecule has 10 nitrogen and oxygen atoms in total. The number of benzene rings is 1. The molecule has 1 aromatic carbocycles. The van der Waals surface area contributed by atoms with Crippen molar-refractivity contribution >= 4 is 40.0 Å². The number of fused-ring (bicyclic) bond motifs is 1. The summed E-state index contributed by atoms with van der Waals surface area (Å²) < 4.78 is 1.87. The maximum absolute atomic E-state index is 6.65. The number of hydrogen-bond acceptors (Lipinski definition) is 8. The van der Waals surface area contributed by atoms with Crippen LogP contribution in [0.1, 0.15) is 25.7 Å². The number of halogens is 1. The van der Waals surface area contributed by atoms with Crippen molar-refractivity contribution in [1.29, 1.82) is 0 Å². The van der Waals surface area contributed by atoms with Crippen LogP contribution in [0.4, 0.5) is 17.2 Å². The molecule has 2 saturated heterocycles. The predicted octanol–water partition coefficient (Wildman–Crippen LogP) is 4.53. The monoisotopic (exact) mass is 588 g/mol. The topological polar surface area (TPSA) is 93.2 Å². The van der Waals surface area contributed by atoms with Gasteiger partial charge in [0.2, 0.25) is 0 Å². The molecular formula is C31H41ClN10. The number of hydrogen-bond donors (Lipinski definition) is 3. The van der Waals surface area contributed by atoms with E-state index in [0.29, 0.717) is 11.1 Å². The number of pyridine rings is 1. The molecule has 1 aliphatic carbocycles. The molecule has 0 unspecified atom stereocenters. The molecular weight excluding hydrogens is 548 g/mol. The highest BCUT2D eigenvalue weighted by Gasteiger charge is 2.28. The normalized spacial score (nSPS) is 19.0. The fourth-order valence-electron chi connectivity index (χ4n) is 6.28. The van der Waals surface area contributed by atoms with Crippen LogP contribution in [0.25, 0.3) is 22.6 Å². The SMILES string of the molecule is Cn1nccc1NCCN1CCN(c2ccc(-c3nc4c(NC5CCN(CC6CC6)CC5)c(Cl)cnc4[nH]3)cc2)CC1. The molecule has 4 aromatic rings. The highest BCUT2D eigenvalue weighted by atomic mass is 35.5. The second kappa shape index (κ2) is 12.1. The van der Waals surface area contributed by atoms with Gasteiger partial charge in [0.15, 0.2) is 5.65 Å². The Morgan fingerprint density at radius 3 is 2.45 bits per heavy atom. The largest absolute Gasteiger partial charge is 0.379 e. The van der Waals surface area contributed by atoms with Gasteiger partial charge in [-0.3, -0.25) is 9.58 Å². The van der Waals surface area contributed by atoms with Gasteiger partial charge in [-0.05, 0) is 55.9 Å². The van der Waals surface area contributed by atoms with Crippen molar-refractivity contribution in [2.24, 2.45) is 13.0 Å². The zero-order valence-electron chi connectivity index (χ0n) is 24.4. The van der Waals surface area contributed by atoms with Crippen LogP contribution in [-0.4, -0.2) is 99.5 Å². The molecule has 0 spiro atoms. The molecule has 3 N–H and O–H groups in total. The summed E-state index contributed by atoms with van der Waals surface area (Å²) in [6.07, 6.45) is 8.63. The fraction of sp³-hybridized carbons (Fsp3) is 0.516. The van der Waals surface area contributed by atoms with Crippen molar-refractivity contribution in [3.8, 4) is 11.4 Å². The maximum Gasteiger partial charge on any atom is 0.159 e. The third-order valence-electron chi connectivity index (χ3n) is 9.05. The van der Waals surface area contributed by atoms with E-state index in [0.717, 1.165) is 105 Å². The van der Waals surface area contributed by atoms with Crippen molar-refractivity contribution in [2.75, 3.05) is 74.4 Å². The number of piperazine rings is 1. The van der Waals surface area contributed by atoms with E-state index in [1.54, 1.807) is 6.20 Å². The number of piperidine rings is 1. The molecule has 2 aliphatic heterocycles. The third-order valence-corrected chi connectivity index (χ3v) is 9.34. The Morgan fingerprint density at radius 2 is 1.74 bits per heavy atom. The number of aromatic amines is 1. The first-order valence-electron chi connectivity index (χ1n) is 15.4. The van der Waals surface area contributed by atoms with Crippen molar-refractivity contribution in [1.82, 2.24) is 34.5 Å². The Hall–Kier alpha value is -3.34. The summed E-state index contributed by atoms with van der Waals surface area (Å²) in [5.74, 6) is 2.82. The number of aryl methyl sites for hydroxylation is 1. The van der Waals surface area contributed by atoms with Crippen LogP contribution < -0.4 is 15.5 Å². The molecule has 0 atom stereocenters. The summed E-state index contributed by atoms with van der Waals surface area (Å²) in [4.78, 5) is 20.6. The number of nitrogens with zero attached hydrogens (tertiary/aromatic N) is 7. The Balaban J connectivity index is 0.952. The first kappa shape index (κ1) is 27.5. The molecule has 42 heavy (non-hydrogen) atoms. The number of imidazole rings is 1. The number of H-pyrrole nitrogens is 1. The summed E-state index contributed by atoms with van der Waals surface area (Å²) in [5.41, 5.74) is 4.78. The Morgan fingerprint density at radius 1 is 0.952 bits per heavy atom. The third kappa shape index (κ3) is 6.21. The smallest absolute Gasteiger partial charge is 0.159 e. The Kier molecular flexibility index (Phi) is 7.92. The lowest BCUT2D eigenvalue weighted by molar-refractivity contribution is 0.211. The van der Waals surface area contributed by atoms with E-state index in [-0.39, 0.29) is 0 Å². The minimum atomic E-state index is 0.403. The standard InChI is InChI=1S/C31H41ClN10/c1-39-27(8-11-35-39)33-12-15-40-16-18-42(19-17-40)25-6-4-23(5-7-25)30-37-29-28(26(32)20-34-31(29)38-30)36-24-9-13-41(14-10-24)21-22-2-3-22/h4-8,11,20,22,24,33H,2-3,9-10,12-19,21H2,1H3,(H2,34,36,37,38). The van der Waals surface area contributed by atoms with E-state index < -0.39 is 0 Å². The van der Waals surface area contributed by atoms with Crippen LogP contribution in [0.5, 0.6) is 0 Å². The molecule has 0 radical (unpaired) electrons. The van der Waals surface area contributed by atoms with Gasteiger partial charge in [0.1, 0.15) is 17.2 Å². The Bertz CT molecular complexity index is 1480. The quantitative estimate of drug-likeness (QED) is 0.249. The van der Waals surface area contributed by atoms with Gasteiger partial charge in [-0.15, -0.1) is 0 Å². The number of likely N-dealkylation sites (tertiary alicyclic amines) is 1. The zero-order valence-corrected chi connectivity index (χ0v) is 25.2. The van der Waals surface area contributed by atoms with E-state index in [1.165, 1.54) is 25.1 Å². The lowest BCUT2D eigenvalue weighted by Gasteiger charge is -2.36. The van der Waals surface area contributed by atoms with E-state index in [9.17, 15) is 0 Å². The van der Waals surface area contributed by atoms with Gasteiger partial charge in [-0.25, -0.2) is 9.97 Å². The van der Waals surface area contributed by atoms with E-state index in [4.69, 9.17) is 16.6 Å². The predicted molar refractivity (Wildman–Crippen MR) is 170 cm³/mol. The highest BCUT2D eigenvalue weighted by Crippen LogP contribution is 2.34. The minimum Gasteiger partial charge on any atom is -0.379 e. The van der Waals surface area contributed by atoms with Gasteiger partial charge < -0.3 is 25.4 Å². The maximum atomic E-state index is 6.65.